The molecule has 0 unspecified atom stereocenters. The van der Waals surface area contributed by atoms with Crippen molar-refractivity contribution in [3.8, 4) is 0 Å². The summed E-state index contributed by atoms with van der Waals surface area (Å²) in [7, 11) is 0. The number of aliphatic hydroxyl groups is 1. The monoisotopic (exact) mass is 494 g/mol. The Kier molecular flexibility index (Phi) is 9.73. The van der Waals surface area contributed by atoms with Crippen molar-refractivity contribution in [2.24, 2.45) is 0 Å². The number of hydrogen-bond donors (Lipinski definition) is 6. The molecular formula is C24H42N6O5. The van der Waals surface area contributed by atoms with Crippen LogP contribution in [-0.4, -0.2) is 89.2 Å². The van der Waals surface area contributed by atoms with Crippen molar-refractivity contribution in [2.75, 3.05) is 13.1 Å². The topological polar surface area (TPSA) is 152 Å². The Bertz CT molecular complexity index is 772. The predicted molar refractivity (Wildman–Crippen MR) is 130 cm³/mol. The number of likely N-dealkylation sites (tertiary alicyclic amines) is 1. The molecule has 1 saturated carbocycles. The maximum Gasteiger partial charge on any atom is 0.318 e. The van der Waals surface area contributed by atoms with E-state index in [2.05, 4.69) is 26.6 Å². The molecule has 5 atom stereocenters. The Morgan fingerprint density at radius 3 is 2.46 bits per heavy atom. The number of nitrogens with one attached hydrogen (secondary N) is 5. The highest BCUT2D eigenvalue weighted by Gasteiger charge is 2.40. The van der Waals surface area contributed by atoms with Gasteiger partial charge in [0.2, 0.25) is 17.7 Å². The maximum absolute atomic E-state index is 13.0. The Morgan fingerprint density at radius 2 is 1.77 bits per heavy atom. The lowest BCUT2D eigenvalue weighted by Crippen LogP contribution is -2.53. The van der Waals surface area contributed by atoms with Gasteiger partial charge < -0.3 is 36.6 Å². The summed E-state index contributed by atoms with van der Waals surface area (Å²) >= 11 is 0. The lowest BCUT2D eigenvalue weighted by atomic mass is 10.0. The van der Waals surface area contributed by atoms with Crippen molar-refractivity contribution in [2.45, 2.75) is 114 Å². The highest BCUT2D eigenvalue weighted by molar-refractivity contribution is 5.88. The van der Waals surface area contributed by atoms with Crippen molar-refractivity contribution in [1.29, 1.82) is 0 Å². The number of fused-ring (bicyclic) bond motifs is 2. The molecule has 2 heterocycles. The van der Waals surface area contributed by atoms with Crippen LogP contribution in [0.4, 0.5) is 4.79 Å². The molecule has 198 valence electrons. The number of carbonyl (C=O) groups excluding carboxylic acids is 4. The molecule has 0 aromatic heterocycles. The van der Waals surface area contributed by atoms with Gasteiger partial charge in [-0.3, -0.25) is 14.4 Å². The fourth-order valence-corrected chi connectivity index (χ4v) is 5.12. The molecule has 0 aromatic rings. The molecule has 3 aliphatic rings. The Labute approximate surface area is 207 Å². The molecule has 0 aromatic carbocycles. The minimum atomic E-state index is -1.06. The SMILES string of the molecule is CC(C)NC(=O)N1C[C@H]2C[C@H]1C(=O)NCCC[C@H](NC1CCCC1)C(=O)N[C@@H](C)[C@@H](O)CC(=O)N2. The van der Waals surface area contributed by atoms with Crippen molar-refractivity contribution >= 4 is 23.8 Å². The first-order valence-corrected chi connectivity index (χ1v) is 13.0. The molecular weight excluding hydrogens is 452 g/mol. The van der Waals surface area contributed by atoms with Crippen LogP contribution >= 0.6 is 0 Å². The van der Waals surface area contributed by atoms with Gasteiger partial charge in [0.05, 0.1) is 24.6 Å². The molecule has 3 fully saturated rings. The van der Waals surface area contributed by atoms with E-state index in [0.29, 0.717) is 25.8 Å². The average molecular weight is 495 g/mol. The van der Waals surface area contributed by atoms with E-state index >= 15 is 0 Å². The van der Waals surface area contributed by atoms with E-state index in [4.69, 9.17) is 0 Å². The number of aliphatic hydroxyl groups excluding tert-OH is 1. The second-order valence-corrected chi connectivity index (χ2v) is 10.5. The quantitative estimate of drug-likeness (QED) is 0.318. The molecule has 1 aliphatic carbocycles. The van der Waals surface area contributed by atoms with Gasteiger partial charge in [-0.1, -0.05) is 12.8 Å². The highest BCUT2D eigenvalue weighted by Crippen LogP contribution is 2.21. The zero-order chi connectivity index (χ0) is 25.5. The summed E-state index contributed by atoms with van der Waals surface area (Å²) in [6.45, 7) is 5.96. The third-order valence-electron chi connectivity index (χ3n) is 7.06. The Morgan fingerprint density at radius 1 is 1.06 bits per heavy atom. The van der Waals surface area contributed by atoms with E-state index in [1.807, 2.05) is 13.8 Å². The molecule has 2 bridgehead atoms. The van der Waals surface area contributed by atoms with E-state index in [9.17, 15) is 24.3 Å². The molecule has 0 radical (unpaired) electrons. The number of nitrogens with zero attached hydrogens (tertiary/aromatic N) is 1. The molecule has 5 amide bonds. The second kappa shape index (κ2) is 12.5. The summed E-state index contributed by atoms with van der Waals surface area (Å²) in [6, 6.07) is -2.31. The van der Waals surface area contributed by atoms with Crippen molar-refractivity contribution < 1.29 is 24.3 Å². The minimum absolute atomic E-state index is 0.0903. The van der Waals surface area contributed by atoms with Crippen LogP contribution in [0.1, 0.15) is 72.1 Å². The fraction of sp³-hybridized carbons (Fsp3) is 0.833. The first kappa shape index (κ1) is 27.2. The molecule has 6 N–H and O–H groups in total. The van der Waals surface area contributed by atoms with Crippen LogP contribution in [-0.2, 0) is 14.4 Å². The fourth-order valence-electron chi connectivity index (χ4n) is 5.12. The summed E-state index contributed by atoms with van der Waals surface area (Å²) < 4.78 is 0. The zero-order valence-electron chi connectivity index (χ0n) is 21.1. The molecule has 35 heavy (non-hydrogen) atoms. The van der Waals surface area contributed by atoms with Crippen molar-refractivity contribution in [1.82, 2.24) is 31.5 Å². The number of amides is 5. The van der Waals surface area contributed by atoms with Crippen LogP contribution in [0.5, 0.6) is 0 Å². The van der Waals surface area contributed by atoms with Gasteiger partial charge in [-0.2, -0.15) is 0 Å². The van der Waals surface area contributed by atoms with E-state index in [1.165, 1.54) is 4.90 Å². The van der Waals surface area contributed by atoms with E-state index in [-0.39, 0.29) is 48.8 Å². The largest absolute Gasteiger partial charge is 0.390 e. The van der Waals surface area contributed by atoms with Gasteiger partial charge in [0.25, 0.3) is 0 Å². The molecule has 0 spiro atoms. The Balaban J connectivity index is 1.73. The average Bonchev–Trinajstić information content (AvgIpc) is 3.44. The van der Waals surface area contributed by atoms with Crippen LogP contribution < -0.4 is 26.6 Å². The number of rotatable bonds is 3. The Hall–Kier alpha value is -2.40. The van der Waals surface area contributed by atoms with Crippen LogP contribution in [0.3, 0.4) is 0 Å². The number of carbonyl (C=O) groups is 4. The zero-order valence-corrected chi connectivity index (χ0v) is 21.1. The number of hydrogen-bond acceptors (Lipinski definition) is 6. The molecule has 2 aliphatic heterocycles. The highest BCUT2D eigenvalue weighted by atomic mass is 16.3. The number of urea groups is 1. The van der Waals surface area contributed by atoms with Crippen molar-refractivity contribution in [3.05, 3.63) is 0 Å². The van der Waals surface area contributed by atoms with Gasteiger partial charge in [-0.05, 0) is 52.9 Å². The first-order valence-electron chi connectivity index (χ1n) is 13.0. The summed E-state index contributed by atoms with van der Waals surface area (Å²) in [5.41, 5.74) is 0. The summed E-state index contributed by atoms with van der Waals surface area (Å²) in [4.78, 5) is 52.8. The smallest absolute Gasteiger partial charge is 0.318 e. The lowest BCUT2D eigenvalue weighted by molar-refractivity contribution is -0.128. The second-order valence-electron chi connectivity index (χ2n) is 10.5. The van der Waals surface area contributed by atoms with Crippen LogP contribution in [0.15, 0.2) is 0 Å². The van der Waals surface area contributed by atoms with Gasteiger partial charge in [0.15, 0.2) is 0 Å². The van der Waals surface area contributed by atoms with Gasteiger partial charge in [0.1, 0.15) is 6.04 Å². The van der Waals surface area contributed by atoms with Crippen molar-refractivity contribution in [3.63, 3.8) is 0 Å². The normalized spacial score (nSPS) is 31.7. The van der Waals surface area contributed by atoms with E-state index in [0.717, 1.165) is 25.7 Å². The summed E-state index contributed by atoms with van der Waals surface area (Å²) in [5, 5.41) is 25.4. The first-order chi connectivity index (χ1) is 16.6. The standard InChI is InChI=1S/C24H42N6O5/c1-14(2)26-24(35)30-13-17-11-19(30)23(34)25-10-6-9-18(28-16-7-4-5-8-16)22(33)27-15(3)20(31)12-21(32)29-17/h14-20,28,31H,4-13H2,1-3H3,(H,25,34)(H,26,35)(H,27,33)(H,29,32)/t15-,17+,18-,19-,20-/m0/s1. The predicted octanol–water partition coefficient (Wildman–Crippen LogP) is -0.270. The lowest BCUT2D eigenvalue weighted by Gasteiger charge is -2.27. The van der Waals surface area contributed by atoms with E-state index < -0.39 is 30.3 Å². The van der Waals surface area contributed by atoms with Gasteiger partial charge in [-0.15, -0.1) is 0 Å². The third-order valence-corrected chi connectivity index (χ3v) is 7.06. The van der Waals surface area contributed by atoms with Gasteiger partial charge in [-0.25, -0.2) is 4.79 Å². The molecule has 11 heteroatoms. The molecule has 3 rings (SSSR count). The maximum atomic E-state index is 13.0. The molecule has 2 saturated heterocycles. The molecule has 11 nitrogen and oxygen atoms in total. The van der Waals surface area contributed by atoms with Crippen LogP contribution in [0, 0.1) is 0 Å². The third kappa shape index (κ3) is 7.79. The van der Waals surface area contributed by atoms with Gasteiger partial charge >= 0.3 is 6.03 Å². The van der Waals surface area contributed by atoms with E-state index in [1.54, 1.807) is 6.92 Å². The minimum Gasteiger partial charge on any atom is -0.390 e. The van der Waals surface area contributed by atoms with Crippen LogP contribution in [0.2, 0.25) is 0 Å². The van der Waals surface area contributed by atoms with Gasteiger partial charge in [0, 0.05) is 31.2 Å². The summed E-state index contributed by atoms with van der Waals surface area (Å²) in [6.07, 6.45) is 4.49. The summed E-state index contributed by atoms with van der Waals surface area (Å²) in [5.74, 6) is -0.869. The van der Waals surface area contributed by atoms with Crippen LogP contribution in [0.25, 0.3) is 0 Å².